The minimum atomic E-state index is -0.300. The first-order valence-electron chi connectivity index (χ1n) is 5.75. The van der Waals surface area contributed by atoms with E-state index in [0.29, 0.717) is 17.3 Å². The summed E-state index contributed by atoms with van der Waals surface area (Å²) in [5, 5.41) is 10.4. The van der Waals surface area contributed by atoms with Crippen molar-refractivity contribution in [2.75, 3.05) is 0 Å². The van der Waals surface area contributed by atoms with Crippen molar-refractivity contribution in [3.63, 3.8) is 0 Å². The number of halogens is 1. The molecule has 1 aromatic heterocycles. The van der Waals surface area contributed by atoms with Gasteiger partial charge in [-0.15, -0.1) is 0 Å². The van der Waals surface area contributed by atoms with Crippen LogP contribution in [0.1, 0.15) is 31.0 Å². The second-order valence-electron chi connectivity index (χ2n) is 4.53. The van der Waals surface area contributed by atoms with Gasteiger partial charge in [-0.3, -0.25) is 9.55 Å². The quantitative estimate of drug-likeness (QED) is 0.897. The molecule has 96 valence electrons. The highest BCUT2D eigenvalue weighted by atomic mass is 35.5. The fourth-order valence-corrected chi connectivity index (χ4v) is 2.11. The van der Waals surface area contributed by atoms with E-state index in [4.69, 9.17) is 11.6 Å². The molecule has 0 bridgehead atoms. The molecule has 0 saturated heterocycles. The molecule has 0 unspecified atom stereocenters. The summed E-state index contributed by atoms with van der Waals surface area (Å²) in [6.45, 7) is 4.28. The smallest absolute Gasteiger partial charge is 0.328 e. The Labute approximate surface area is 110 Å². The summed E-state index contributed by atoms with van der Waals surface area (Å²) in [6, 6.07) is 7.29. The van der Waals surface area contributed by atoms with E-state index in [1.807, 2.05) is 26.0 Å². The van der Waals surface area contributed by atoms with Gasteiger partial charge in [0.15, 0.2) is 0 Å². The van der Waals surface area contributed by atoms with Gasteiger partial charge in [0, 0.05) is 5.02 Å². The number of imidazole rings is 1. The summed E-state index contributed by atoms with van der Waals surface area (Å²) in [6.07, 6.45) is 0. The summed E-state index contributed by atoms with van der Waals surface area (Å²) in [4.78, 5) is 14.2. The van der Waals surface area contributed by atoms with E-state index in [9.17, 15) is 9.90 Å². The first-order chi connectivity index (χ1) is 8.49. The first kappa shape index (κ1) is 12.8. The highest BCUT2D eigenvalue weighted by molar-refractivity contribution is 6.30. The van der Waals surface area contributed by atoms with Gasteiger partial charge in [0.05, 0.1) is 12.2 Å². The molecule has 0 amide bonds. The van der Waals surface area contributed by atoms with Crippen LogP contribution in [0.4, 0.5) is 0 Å². The zero-order chi connectivity index (χ0) is 13.3. The van der Waals surface area contributed by atoms with Crippen LogP contribution < -0.4 is 5.69 Å². The molecule has 0 radical (unpaired) electrons. The zero-order valence-electron chi connectivity index (χ0n) is 10.3. The van der Waals surface area contributed by atoms with Crippen molar-refractivity contribution in [1.82, 2.24) is 9.55 Å². The lowest BCUT2D eigenvalue weighted by Crippen LogP contribution is -2.20. The van der Waals surface area contributed by atoms with E-state index in [2.05, 4.69) is 4.98 Å². The van der Waals surface area contributed by atoms with Crippen molar-refractivity contribution in [3.05, 3.63) is 51.0 Å². The summed E-state index contributed by atoms with van der Waals surface area (Å²) in [5.74, 6) is 0.0141. The molecule has 0 spiro atoms. The van der Waals surface area contributed by atoms with E-state index >= 15 is 0 Å². The van der Waals surface area contributed by atoms with Crippen molar-refractivity contribution in [1.29, 1.82) is 0 Å². The predicted molar refractivity (Wildman–Crippen MR) is 71.4 cm³/mol. The normalized spacial score (nSPS) is 11.1. The van der Waals surface area contributed by atoms with Crippen LogP contribution in [-0.4, -0.2) is 14.7 Å². The maximum atomic E-state index is 11.8. The molecule has 0 aliphatic heterocycles. The second-order valence-corrected chi connectivity index (χ2v) is 4.97. The number of nitrogens with one attached hydrogen (secondary N) is 1. The van der Waals surface area contributed by atoms with Crippen LogP contribution in [0.15, 0.2) is 29.1 Å². The van der Waals surface area contributed by atoms with Crippen molar-refractivity contribution < 1.29 is 5.11 Å². The molecular weight excluding hydrogens is 252 g/mol. The second kappa shape index (κ2) is 4.90. The number of rotatable bonds is 3. The Morgan fingerprint density at radius 1 is 1.33 bits per heavy atom. The summed E-state index contributed by atoms with van der Waals surface area (Å²) >= 11 is 5.82. The van der Waals surface area contributed by atoms with Gasteiger partial charge in [0.2, 0.25) is 5.88 Å². The number of benzene rings is 1. The molecule has 2 rings (SSSR count). The molecule has 0 aliphatic rings. The number of hydrogen-bond donors (Lipinski definition) is 2. The summed E-state index contributed by atoms with van der Waals surface area (Å²) < 4.78 is 1.54. The lowest BCUT2D eigenvalue weighted by atomic mass is 10.1. The highest BCUT2D eigenvalue weighted by Gasteiger charge is 2.16. The van der Waals surface area contributed by atoms with Crippen LogP contribution in [0.3, 0.4) is 0 Å². The number of aromatic nitrogens is 2. The SMILES string of the molecule is CC(C)c1c(O)[nH]c(=O)n1Cc1ccc(Cl)cc1. The molecule has 1 heterocycles. The molecule has 0 fully saturated rings. The lowest BCUT2D eigenvalue weighted by molar-refractivity contribution is 0.443. The third-order valence-electron chi connectivity index (χ3n) is 2.80. The third-order valence-corrected chi connectivity index (χ3v) is 3.06. The number of aromatic hydroxyl groups is 1. The van der Waals surface area contributed by atoms with Crippen molar-refractivity contribution in [3.8, 4) is 5.88 Å². The van der Waals surface area contributed by atoms with E-state index in [1.165, 1.54) is 0 Å². The topological polar surface area (TPSA) is 58.0 Å². The standard InChI is InChI=1S/C13H15ClN2O2/c1-8(2)11-12(17)15-13(18)16(11)7-9-3-5-10(14)6-4-9/h3-6,8,17H,7H2,1-2H3,(H,15,18). The number of hydrogen-bond acceptors (Lipinski definition) is 2. The molecule has 2 N–H and O–H groups in total. The van der Waals surface area contributed by atoms with Gasteiger partial charge in [-0.2, -0.15) is 0 Å². The Kier molecular flexibility index (Phi) is 3.48. The molecule has 2 aromatic rings. The van der Waals surface area contributed by atoms with Crippen LogP contribution in [-0.2, 0) is 6.54 Å². The van der Waals surface area contributed by atoms with Gasteiger partial charge in [0.1, 0.15) is 0 Å². The molecule has 1 aromatic carbocycles. The van der Waals surface area contributed by atoms with E-state index < -0.39 is 0 Å². The molecule has 5 heteroatoms. The van der Waals surface area contributed by atoms with Gasteiger partial charge in [-0.25, -0.2) is 4.79 Å². The minimum Gasteiger partial charge on any atom is -0.493 e. The molecule has 0 atom stereocenters. The number of aromatic amines is 1. The Balaban J connectivity index is 2.40. The van der Waals surface area contributed by atoms with Gasteiger partial charge in [0.25, 0.3) is 0 Å². The van der Waals surface area contributed by atoms with Crippen molar-refractivity contribution in [2.24, 2.45) is 0 Å². The summed E-state index contributed by atoms with van der Waals surface area (Å²) in [7, 11) is 0. The molecule has 0 saturated carbocycles. The van der Waals surface area contributed by atoms with Crippen LogP contribution in [0, 0.1) is 0 Å². The average molecular weight is 267 g/mol. The fraction of sp³-hybridized carbons (Fsp3) is 0.308. The Morgan fingerprint density at radius 3 is 2.50 bits per heavy atom. The maximum Gasteiger partial charge on any atom is 0.328 e. The first-order valence-corrected chi connectivity index (χ1v) is 6.13. The molecule has 18 heavy (non-hydrogen) atoms. The maximum absolute atomic E-state index is 11.8. The monoisotopic (exact) mass is 266 g/mol. The van der Waals surface area contributed by atoms with E-state index in [-0.39, 0.29) is 17.5 Å². The van der Waals surface area contributed by atoms with Gasteiger partial charge in [-0.1, -0.05) is 37.6 Å². The van der Waals surface area contributed by atoms with E-state index in [0.717, 1.165) is 5.56 Å². The van der Waals surface area contributed by atoms with Gasteiger partial charge < -0.3 is 5.11 Å². The van der Waals surface area contributed by atoms with Crippen molar-refractivity contribution >= 4 is 11.6 Å². The third kappa shape index (κ3) is 2.43. The minimum absolute atomic E-state index is 0.0519. The predicted octanol–water partition coefficient (Wildman–Crippen LogP) is 2.71. The largest absolute Gasteiger partial charge is 0.493 e. The van der Waals surface area contributed by atoms with E-state index in [1.54, 1.807) is 16.7 Å². The van der Waals surface area contributed by atoms with Crippen molar-refractivity contribution in [2.45, 2.75) is 26.3 Å². The van der Waals surface area contributed by atoms with Crippen LogP contribution in [0.25, 0.3) is 0 Å². The lowest BCUT2D eigenvalue weighted by Gasteiger charge is -2.10. The van der Waals surface area contributed by atoms with Gasteiger partial charge >= 0.3 is 5.69 Å². The number of H-pyrrole nitrogens is 1. The fourth-order valence-electron chi connectivity index (χ4n) is 1.98. The van der Waals surface area contributed by atoms with Crippen LogP contribution in [0.5, 0.6) is 5.88 Å². The Hall–Kier alpha value is -1.68. The number of nitrogens with zero attached hydrogens (tertiary/aromatic N) is 1. The van der Waals surface area contributed by atoms with Crippen LogP contribution >= 0.6 is 11.6 Å². The van der Waals surface area contributed by atoms with Crippen LogP contribution in [0.2, 0.25) is 5.02 Å². The summed E-state index contributed by atoms with van der Waals surface area (Å²) in [5.41, 5.74) is 1.28. The molecule has 4 nitrogen and oxygen atoms in total. The Morgan fingerprint density at radius 2 is 1.94 bits per heavy atom. The highest BCUT2D eigenvalue weighted by Crippen LogP contribution is 2.22. The molecular formula is C13H15ClN2O2. The Bertz CT molecular complexity index is 596. The molecule has 0 aliphatic carbocycles. The zero-order valence-corrected chi connectivity index (χ0v) is 11.0. The average Bonchev–Trinajstić information content (AvgIpc) is 2.57. The van der Waals surface area contributed by atoms with Gasteiger partial charge in [-0.05, 0) is 23.6 Å².